The van der Waals surface area contributed by atoms with Crippen LogP contribution in [0.4, 0.5) is 0 Å². The van der Waals surface area contributed by atoms with Crippen LogP contribution >= 0.6 is 11.6 Å². The summed E-state index contributed by atoms with van der Waals surface area (Å²) in [5.74, 6) is 0.482. The van der Waals surface area contributed by atoms with Crippen molar-refractivity contribution in [3.8, 4) is 5.75 Å². The van der Waals surface area contributed by atoms with Crippen LogP contribution in [0.3, 0.4) is 0 Å². The fraction of sp³-hybridized carbons (Fsp3) is 0.357. The lowest BCUT2D eigenvalue weighted by molar-refractivity contribution is -0.122. The molecule has 2 aromatic rings. The van der Waals surface area contributed by atoms with Gasteiger partial charge in [-0.25, -0.2) is 4.68 Å². The molecular weight excluding hydrogens is 336 g/mol. The lowest BCUT2D eigenvalue weighted by Crippen LogP contribution is -2.35. The second-order valence-corrected chi connectivity index (χ2v) is 5.21. The van der Waals surface area contributed by atoms with Crippen molar-refractivity contribution < 1.29 is 14.3 Å². The van der Waals surface area contributed by atoms with Gasteiger partial charge in [0.05, 0.1) is 5.02 Å². The van der Waals surface area contributed by atoms with E-state index in [4.69, 9.17) is 16.3 Å². The van der Waals surface area contributed by atoms with Crippen molar-refractivity contribution >= 4 is 23.4 Å². The Bertz CT molecular complexity index is 705. The summed E-state index contributed by atoms with van der Waals surface area (Å²) in [6.45, 7) is 2.13. The number of amides is 2. The van der Waals surface area contributed by atoms with E-state index in [1.54, 1.807) is 24.3 Å². The summed E-state index contributed by atoms with van der Waals surface area (Å²) in [6, 6.07) is 7.03. The highest BCUT2D eigenvalue weighted by Gasteiger charge is 2.11. The van der Waals surface area contributed by atoms with Gasteiger partial charge in [0.15, 0.2) is 5.82 Å². The molecule has 1 aromatic carbocycles. The molecule has 0 saturated carbocycles. The molecule has 0 spiro atoms. The first-order chi connectivity index (χ1) is 11.6. The van der Waals surface area contributed by atoms with Crippen LogP contribution in [0.25, 0.3) is 0 Å². The number of nitrogens with one attached hydrogen (secondary N) is 2. The van der Waals surface area contributed by atoms with Gasteiger partial charge in [-0.3, -0.25) is 9.59 Å². The van der Waals surface area contributed by atoms with Crippen molar-refractivity contribution in [1.29, 1.82) is 0 Å². The second-order valence-electron chi connectivity index (χ2n) is 4.80. The highest BCUT2D eigenvalue weighted by molar-refractivity contribution is 6.32. The van der Waals surface area contributed by atoms with Crippen LogP contribution in [0.1, 0.15) is 12.7 Å². The van der Waals surface area contributed by atoms with E-state index in [0.29, 0.717) is 29.7 Å². The average Bonchev–Trinajstić information content (AvgIpc) is 2.98. The monoisotopic (exact) mass is 352 g/mol. The first kappa shape index (κ1) is 17.7. The summed E-state index contributed by atoms with van der Waals surface area (Å²) < 4.78 is 6.89. The molecule has 0 saturated heterocycles. The number of tetrazole rings is 1. The van der Waals surface area contributed by atoms with Crippen molar-refractivity contribution in [3.63, 3.8) is 0 Å². The fourth-order valence-corrected chi connectivity index (χ4v) is 1.98. The number of hydrogen-bond acceptors (Lipinski definition) is 6. The number of carbonyl (C=O) groups excluding carboxylic acids is 2. The summed E-state index contributed by atoms with van der Waals surface area (Å²) in [6.07, 6.45) is 0. The molecule has 0 aliphatic carbocycles. The molecule has 0 unspecified atom stereocenters. The molecule has 0 bridgehead atoms. The average molecular weight is 353 g/mol. The highest BCUT2D eigenvalue weighted by Crippen LogP contribution is 2.23. The third-order valence-electron chi connectivity index (χ3n) is 2.91. The first-order valence-electron chi connectivity index (χ1n) is 7.20. The smallest absolute Gasteiger partial charge is 0.241 e. The van der Waals surface area contributed by atoms with E-state index in [1.165, 1.54) is 11.6 Å². The number of ether oxygens (including phenoxy) is 1. The normalized spacial score (nSPS) is 10.2. The van der Waals surface area contributed by atoms with Gasteiger partial charge in [0.2, 0.25) is 11.8 Å². The topological polar surface area (TPSA) is 111 Å². The summed E-state index contributed by atoms with van der Waals surface area (Å²) in [7, 11) is 0. The minimum absolute atomic E-state index is 0.0473. The lowest BCUT2D eigenvalue weighted by atomic mass is 10.3. The van der Waals surface area contributed by atoms with Gasteiger partial charge < -0.3 is 15.4 Å². The number of carbonyl (C=O) groups is 2. The Morgan fingerprint density at radius 1 is 1.25 bits per heavy atom. The van der Waals surface area contributed by atoms with Gasteiger partial charge in [0.25, 0.3) is 0 Å². The fourth-order valence-electron chi connectivity index (χ4n) is 1.79. The second kappa shape index (κ2) is 8.82. The van der Waals surface area contributed by atoms with Crippen LogP contribution < -0.4 is 15.4 Å². The molecule has 0 radical (unpaired) electrons. The third-order valence-corrected chi connectivity index (χ3v) is 3.23. The van der Waals surface area contributed by atoms with Crippen molar-refractivity contribution in [3.05, 3.63) is 35.1 Å². The van der Waals surface area contributed by atoms with Gasteiger partial charge in [0.1, 0.15) is 18.9 Å². The molecule has 1 aromatic heterocycles. The maximum Gasteiger partial charge on any atom is 0.241 e. The van der Waals surface area contributed by atoms with E-state index in [2.05, 4.69) is 26.2 Å². The molecule has 24 heavy (non-hydrogen) atoms. The van der Waals surface area contributed by atoms with E-state index < -0.39 is 0 Å². The summed E-state index contributed by atoms with van der Waals surface area (Å²) >= 11 is 6.00. The Morgan fingerprint density at radius 3 is 2.75 bits per heavy atom. The minimum atomic E-state index is -0.272. The minimum Gasteiger partial charge on any atom is -0.484 e. The zero-order valence-corrected chi connectivity index (χ0v) is 13.8. The molecule has 0 aliphatic heterocycles. The van der Waals surface area contributed by atoms with Crippen LogP contribution in [-0.4, -0.2) is 45.1 Å². The van der Waals surface area contributed by atoms with E-state index in [1.807, 2.05) is 0 Å². The largest absolute Gasteiger partial charge is 0.484 e. The van der Waals surface area contributed by atoms with Crippen LogP contribution in [-0.2, 0) is 22.7 Å². The molecule has 0 aliphatic rings. The van der Waals surface area contributed by atoms with Gasteiger partial charge in [-0.15, -0.1) is 5.10 Å². The Balaban J connectivity index is 1.83. The van der Waals surface area contributed by atoms with E-state index in [-0.39, 0.29) is 25.0 Å². The summed E-state index contributed by atoms with van der Waals surface area (Å²) in [5, 5.41) is 16.8. The predicted molar refractivity (Wildman–Crippen MR) is 85.3 cm³/mol. The van der Waals surface area contributed by atoms with E-state index in [0.717, 1.165) is 0 Å². The van der Waals surface area contributed by atoms with Crippen LogP contribution in [0, 0.1) is 0 Å². The van der Waals surface area contributed by atoms with Crippen LogP contribution in [0.15, 0.2) is 24.3 Å². The van der Waals surface area contributed by atoms with Crippen molar-refractivity contribution in [2.45, 2.75) is 20.1 Å². The number of aromatic nitrogens is 4. The summed E-state index contributed by atoms with van der Waals surface area (Å²) in [5.41, 5.74) is 0. The maximum atomic E-state index is 11.8. The third kappa shape index (κ3) is 5.51. The standard InChI is InChI=1S/C14H17ClN6O3/c1-10(22)16-6-7-17-14(23)8-21-13(18-19-20-21)9-24-12-5-3-2-4-11(12)15/h2-5H,6-9H2,1H3,(H,16,22)(H,17,23). The number of hydrogen-bond donors (Lipinski definition) is 2. The van der Waals surface area contributed by atoms with Crippen molar-refractivity contribution in [2.24, 2.45) is 0 Å². The molecule has 1 heterocycles. The maximum absolute atomic E-state index is 11.8. The van der Waals surface area contributed by atoms with Crippen molar-refractivity contribution in [1.82, 2.24) is 30.8 Å². The zero-order chi connectivity index (χ0) is 17.4. The van der Waals surface area contributed by atoms with Gasteiger partial charge in [-0.2, -0.15) is 0 Å². The Hall–Kier alpha value is -2.68. The predicted octanol–water partition coefficient (Wildman–Crippen LogP) is 0.158. The number of para-hydroxylation sites is 1. The number of rotatable bonds is 8. The van der Waals surface area contributed by atoms with Gasteiger partial charge in [-0.05, 0) is 22.6 Å². The molecule has 2 amide bonds. The molecule has 128 valence electrons. The quantitative estimate of drug-likeness (QED) is 0.654. The van der Waals surface area contributed by atoms with Gasteiger partial charge >= 0.3 is 0 Å². The molecule has 10 heteroatoms. The molecular formula is C14H17ClN6O3. The number of halogens is 1. The zero-order valence-electron chi connectivity index (χ0n) is 13.0. The van der Waals surface area contributed by atoms with E-state index in [9.17, 15) is 9.59 Å². The molecule has 9 nitrogen and oxygen atoms in total. The summed E-state index contributed by atoms with van der Waals surface area (Å²) in [4.78, 5) is 22.6. The molecule has 0 fully saturated rings. The Labute approximate surface area is 143 Å². The molecule has 0 atom stereocenters. The van der Waals surface area contributed by atoms with Gasteiger partial charge in [0, 0.05) is 20.0 Å². The first-order valence-corrected chi connectivity index (χ1v) is 7.57. The number of benzene rings is 1. The van der Waals surface area contributed by atoms with Crippen LogP contribution in [0.2, 0.25) is 5.02 Å². The van der Waals surface area contributed by atoms with E-state index >= 15 is 0 Å². The number of nitrogens with zero attached hydrogens (tertiary/aromatic N) is 4. The lowest BCUT2D eigenvalue weighted by Gasteiger charge is -2.09. The Morgan fingerprint density at radius 2 is 2.00 bits per heavy atom. The molecule has 2 N–H and O–H groups in total. The van der Waals surface area contributed by atoms with Gasteiger partial charge in [-0.1, -0.05) is 23.7 Å². The highest BCUT2D eigenvalue weighted by atomic mass is 35.5. The molecule has 2 rings (SSSR count). The SMILES string of the molecule is CC(=O)NCCNC(=O)Cn1nnnc1COc1ccccc1Cl. The van der Waals surface area contributed by atoms with Crippen molar-refractivity contribution in [2.75, 3.05) is 13.1 Å². The van der Waals surface area contributed by atoms with Crippen LogP contribution in [0.5, 0.6) is 5.75 Å². The Kier molecular flexibility index (Phi) is 6.50.